The molecule has 0 aromatic heterocycles. The third kappa shape index (κ3) is 4.67. The fourth-order valence-electron chi connectivity index (χ4n) is 3.84. The molecule has 1 aliphatic heterocycles. The predicted octanol–water partition coefficient (Wildman–Crippen LogP) is 4.20. The minimum atomic E-state index is -0.983. The molecule has 1 aliphatic carbocycles. The van der Waals surface area contributed by atoms with Crippen LogP contribution in [0.15, 0.2) is 60.2 Å². The molecule has 0 saturated heterocycles. The molecule has 5 nitrogen and oxygen atoms in total. The van der Waals surface area contributed by atoms with Gasteiger partial charge in [0, 0.05) is 17.2 Å². The summed E-state index contributed by atoms with van der Waals surface area (Å²) in [5.74, 6) is -0.0694. The van der Waals surface area contributed by atoms with Crippen LogP contribution in [0.3, 0.4) is 0 Å². The first-order valence-corrected chi connectivity index (χ1v) is 10.2. The summed E-state index contributed by atoms with van der Waals surface area (Å²) < 4.78 is 11.4. The van der Waals surface area contributed by atoms with Gasteiger partial charge in [-0.2, -0.15) is 0 Å². The summed E-state index contributed by atoms with van der Waals surface area (Å²) in [5, 5.41) is 3.07. The van der Waals surface area contributed by atoms with Crippen molar-refractivity contribution in [1.82, 2.24) is 5.32 Å². The van der Waals surface area contributed by atoms with Crippen LogP contribution in [0.1, 0.15) is 49.3 Å². The number of ether oxygens (including phenoxy) is 2. The van der Waals surface area contributed by atoms with Gasteiger partial charge in [-0.3, -0.25) is 4.79 Å². The Hall–Kier alpha value is -3.08. The van der Waals surface area contributed by atoms with E-state index in [0.29, 0.717) is 11.1 Å². The van der Waals surface area contributed by atoms with Crippen LogP contribution in [0.2, 0.25) is 0 Å². The zero-order chi connectivity index (χ0) is 20.1. The zero-order valence-electron chi connectivity index (χ0n) is 16.3. The van der Waals surface area contributed by atoms with Crippen LogP contribution in [0.4, 0.5) is 0 Å². The number of carbonyl (C=O) groups excluding carboxylic acids is 2. The van der Waals surface area contributed by atoms with Gasteiger partial charge in [0.2, 0.25) is 6.10 Å². The summed E-state index contributed by atoms with van der Waals surface area (Å²) in [6, 6.07) is 16.8. The molecule has 1 heterocycles. The van der Waals surface area contributed by atoms with E-state index in [2.05, 4.69) is 5.32 Å². The maximum Gasteiger partial charge on any atom is 0.338 e. The SMILES string of the molecule is O=C(OC(C(=O)NC1CCCCC1)c1ccccc1)C1=Cc2ccccc2OC1. The summed E-state index contributed by atoms with van der Waals surface area (Å²) in [7, 11) is 0. The maximum absolute atomic E-state index is 13.0. The number of hydrogen-bond acceptors (Lipinski definition) is 4. The van der Waals surface area contributed by atoms with Gasteiger partial charge in [0.15, 0.2) is 0 Å². The molecular weight excluding hydrogens is 366 g/mol. The molecule has 1 fully saturated rings. The highest BCUT2D eigenvalue weighted by atomic mass is 16.6. The maximum atomic E-state index is 13.0. The van der Waals surface area contributed by atoms with E-state index in [1.165, 1.54) is 6.42 Å². The lowest BCUT2D eigenvalue weighted by molar-refractivity contribution is -0.153. The van der Waals surface area contributed by atoms with Crippen LogP contribution < -0.4 is 10.1 Å². The molecule has 5 heteroatoms. The number of esters is 1. The number of fused-ring (bicyclic) bond motifs is 1. The Kier molecular flexibility index (Phi) is 5.94. The van der Waals surface area contributed by atoms with Crippen molar-refractivity contribution in [2.24, 2.45) is 0 Å². The second-order valence-electron chi connectivity index (χ2n) is 7.54. The first-order chi connectivity index (χ1) is 14.2. The van der Waals surface area contributed by atoms with Crippen molar-refractivity contribution in [3.63, 3.8) is 0 Å². The molecule has 0 spiro atoms. The van der Waals surface area contributed by atoms with E-state index in [1.54, 1.807) is 18.2 Å². The molecule has 0 radical (unpaired) electrons. The van der Waals surface area contributed by atoms with Gasteiger partial charge in [-0.25, -0.2) is 4.79 Å². The fraction of sp³-hybridized carbons (Fsp3) is 0.333. The largest absolute Gasteiger partial charge is 0.488 e. The second kappa shape index (κ2) is 8.95. The Bertz CT molecular complexity index is 900. The van der Waals surface area contributed by atoms with Gasteiger partial charge in [-0.1, -0.05) is 67.8 Å². The molecule has 1 N–H and O–H groups in total. The van der Waals surface area contributed by atoms with E-state index < -0.39 is 12.1 Å². The number of hydrogen-bond donors (Lipinski definition) is 1. The molecule has 4 rings (SSSR count). The van der Waals surface area contributed by atoms with Gasteiger partial charge in [0.25, 0.3) is 5.91 Å². The van der Waals surface area contributed by atoms with E-state index in [4.69, 9.17) is 9.47 Å². The fourth-order valence-corrected chi connectivity index (χ4v) is 3.84. The smallest absolute Gasteiger partial charge is 0.338 e. The molecule has 2 aliphatic rings. The first kappa shape index (κ1) is 19.2. The van der Waals surface area contributed by atoms with Gasteiger partial charge in [-0.15, -0.1) is 0 Å². The molecule has 1 unspecified atom stereocenters. The summed E-state index contributed by atoms with van der Waals surface area (Å²) in [6.45, 7) is 0.127. The third-order valence-electron chi connectivity index (χ3n) is 5.41. The Balaban J connectivity index is 1.51. The van der Waals surface area contributed by atoms with E-state index in [9.17, 15) is 9.59 Å². The van der Waals surface area contributed by atoms with Crippen molar-refractivity contribution in [1.29, 1.82) is 0 Å². The zero-order valence-corrected chi connectivity index (χ0v) is 16.3. The monoisotopic (exact) mass is 391 g/mol. The number of amides is 1. The highest BCUT2D eigenvalue weighted by molar-refractivity contribution is 5.97. The van der Waals surface area contributed by atoms with Gasteiger partial charge in [0.1, 0.15) is 12.4 Å². The van der Waals surface area contributed by atoms with Crippen LogP contribution in [0, 0.1) is 0 Å². The van der Waals surface area contributed by atoms with Crippen LogP contribution in [-0.2, 0) is 14.3 Å². The van der Waals surface area contributed by atoms with Crippen LogP contribution in [0.25, 0.3) is 6.08 Å². The minimum Gasteiger partial charge on any atom is -0.488 e. The number of nitrogens with one attached hydrogen (secondary N) is 1. The standard InChI is InChI=1S/C24H25NO4/c26-23(25-20-12-5-2-6-13-20)22(17-9-3-1-4-10-17)29-24(27)19-15-18-11-7-8-14-21(18)28-16-19/h1,3-4,7-11,14-15,20,22H,2,5-6,12-13,16H2,(H,25,26). The number of carbonyl (C=O) groups is 2. The molecule has 1 saturated carbocycles. The normalized spacial score (nSPS) is 17.3. The lowest BCUT2D eigenvalue weighted by Crippen LogP contribution is -2.40. The van der Waals surface area contributed by atoms with E-state index in [1.807, 2.05) is 42.5 Å². The summed E-state index contributed by atoms with van der Waals surface area (Å²) in [6.07, 6.45) is 6.16. The van der Waals surface area contributed by atoms with Crippen molar-refractivity contribution < 1.29 is 19.1 Å². The van der Waals surface area contributed by atoms with Gasteiger partial charge >= 0.3 is 5.97 Å². The average molecular weight is 391 g/mol. The molecule has 1 amide bonds. The highest BCUT2D eigenvalue weighted by Crippen LogP contribution is 2.28. The van der Waals surface area contributed by atoms with Crippen molar-refractivity contribution in [3.8, 4) is 5.75 Å². The summed E-state index contributed by atoms with van der Waals surface area (Å²) in [4.78, 5) is 25.8. The number of benzene rings is 2. The third-order valence-corrected chi connectivity index (χ3v) is 5.41. The molecule has 1 atom stereocenters. The first-order valence-electron chi connectivity index (χ1n) is 10.2. The van der Waals surface area contributed by atoms with Crippen molar-refractivity contribution in [3.05, 3.63) is 71.3 Å². The molecule has 150 valence electrons. The van der Waals surface area contributed by atoms with Gasteiger partial charge in [0.05, 0.1) is 5.57 Å². The van der Waals surface area contributed by atoms with Crippen LogP contribution >= 0.6 is 0 Å². The van der Waals surface area contributed by atoms with E-state index in [-0.39, 0.29) is 18.6 Å². The van der Waals surface area contributed by atoms with Crippen molar-refractivity contribution >= 4 is 18.0 Å². The summed E-state index contributed by atoms with van der Waals surface area (Å²) in [5.41, 5.74) is 1.88. The Labute approximate surface area is 170 Å². The van der Waals surface area contributed by atoms with E-state index >= 15 is 0 Å². The molecule has 29 heavy (non-hydrogen) atoms. The van der Waals surface area contributed by atoms with E-state index in [0.717, 1.165) is 37.0 Å². The Morgan fingerprint density at radius 1 is 0.966 bits per heavy atom. The van der Waals surface area contributed by atoms with Gasteiger partial charge < -0.3 is 14.8 Å². The average Bonchev–Trinajstić information content (AvgIpc) is 2.78. The highest BCUT2D eigenvalue weighted by Gasteiger charge is 2.29. The van der Waals surface area contributed by atoms with Crippen molar-refractivity contribution in [2.75, 3.05) is 6.61 Å². The second-order valence-corrected chi connectivity index (χ2v) is 7.54. The topological polar surface area (TPSA) is 64.6 Å². The number of rotatable bonds is 5. The predicted molar refractivity (Wildman–Crippen MR) is 110 cm³/mol. The van der Waals surface area contributed by atoms with Crippen molar-refractivity contribution in [2.45, 2.75) is 44.2 Å². The lowest BCUT2D eigenvalue weighted by atomic mass is 9.95. The lowest BCUT2D eigenvalue weighted by Gasteiger charge is -2.26. The van der Waals surface area contributed by atoms with Crippen LogP contribution in [-0.4, -0.2) is 24.5 Å². The molecular formula is C24H25NO4. The molecule has 2 aromatic carbocycles. The quantitative estimate of drug-likeness (QED) is 0.776. The number of para-hydroxylation sites is 1. The molecule has 2 aromatic rings. The van der Waals surface area contributed by atoms with Gasteiger partial charge in [-0.05, 0) is 25.0 Å². The summed E-state index contributed by atoms with van der Waals surface area (Å²) >= 11 is 0. The Morgan fingerprint density at radius 3 is 2.48 bits per heavy atom. The molecule has 0 bridgehead atoms. The minimum absolute atomic E-state index is 0.127. The van der Waals surface area contributed by atoms with Crippen LogP contribution in [0.5, 0.6) is 5.75 Å². The Morgan fingerprint density at radius 2 is 1.69 bits per heavy atom.